The molecule has 3 rings (SSSR count). The molecule has 3 N–H and O–H groups in total. The number of carbonyl (C=O) groups excluding carboxylic acids is 1. The van der Waals surface area contributed by atoms with Crippen LogP contribution in [0.3, 0.4) is 0 Å². The zero-order valence-corrected chi connectivity index (χ0v) is 17.7. The molecular weight excluding hydrogens is 442 g/mol. The van der Waals surface area contributed by atoms with E-state index in [1.165, 1.54) is 41.4 Å². The van der Waals surface area contributed by atoms with Crippen LogP contribution in [-0.2, 0) is 16.3 Å². The first-order chi connectivity index (χ1) is 14.7. The fourth-order valence-corrected chi connectivity index (χ4v) is 4.46. The standard InChI is InChI=1S/C21H18ClN3O5S/c22-18-8-4-7-17(20(26)27)16(18)11-12-31(29,30)19-10-9-15(13-24-19)25(21(23)28)14-5-2-1-3-6-14/h1-10,13H,11-12H2,(H2,23,28)(H,26,27). The number of benzene rings is 2. The van der Waals surface area contributed by atoms with Crippen LogP contribution in [0, 0.1) is 0 Å². The molecule has 1 aromatic heterocycles. The minimum absolute atomic E-state index is 0.0500. The number of primary amides is 1. The number of para-hydroxylation sites is 1. The summed E-state index contributed by atoms with van der Waals surface area (Å²) in [6.07, 6.45) is 1.15. The topological polar surface area (TPSA) is 131 Å². The molecule has 0 bridgehead atoms. The lowest BCUT2D eigenvalue weighted by atomic mass is 10.1. The lowest BCUT2D eigenvalue weighted by Crippen LogP contribution is -2.31. The molecule has 0 aliphatic heterocycles. The monoisotopic (exact) mass is 459 g/mol. The SMILES string of the molecule is NC(=O)N(c1ccccc1)c1ccc(S(=O)(=O)CCc2c(Cl)cccc2C(=O)O)nc1. The number of nitrogens with two attached hydrogens (primary N) is 1. The Morgan fingerprint density at radius 1 is 1.00 bits per heavy atom. The lowest BCUT2D eigenvalue weighted by molar-refractivity contribution is 0.0695. The Hall–Kier alpha value is -3.43. The molecule has 0 saturated carbocycles. The molecule has 3 aromatic rings. The van der Waals surface area contributed by atoms with Crippen molar-refractivity contribution in [2.24, 2.45) is 5.73 Å². The van der Waals surface area contributed by atoms with Crippen LogP contribution in [0.4, 0.5) is 16.2 Å². The second-order valence-corrected chi connectivity index (χ2v) is 8.97. The number of anilines is 2. The van der Waals surface area contributed by atoms with E-state index < -0.39 is 21.8 Å². The van der Waals surface area contributed by atoms with Gasteiger partial charge in [-0.3, -0.25) is 4.90 Å². The Kier molecular flexibility index (Phi) is 6.57. The molecule has 8 nitrogen and oxygen atoms in total. The molecule has 1 heterocycles. The number of carboxylic acid groups (broad SMARTS) is 1. The van der Waals surface area contributed by atoms with Gasteiger partial charge in [-0.05, 0) is 48.4 Å². The zero-order chi connectivity index (χ0) is 22.6. The first kappa shape index (κ1) is 22.3. The van der Waals surface area contributed by atoms with Gasteiger partial charge in [-0.25, -0.2) is 23.0 Å². The number of hydrogen-bond donors (Lipinski definition) is 2. The molecule has 0 aliphatic rings. The second kappa shape index (κ2) is 9.15. The average Bonchev–Trinajstić information content (AvgIpc) is 2.73. The van der Waals surface area contributed by atoms with Crippen molar-refractivity contribution < 1.29 is 23.1 Å². The highest BCUT2D eigenvalue weighted by atomic mass is 35.5. The lowest BCUT2D eigenvalue weighted by Gasteiger charge is -2.20. The van der Waals surface area contributed by atoms with Crippen molar-refractivity contribution in [3.8, 4) is 0 Å². The van der Waals surface area contributed by atoms with Crippen molar-refractivity contribution in [2.75, 3.05) is 10.7 Å². The molecule has 0 radical (unpaired) electrons. The third-order valence-corrected chi connectivity index (χ3v) is 6.48. The first-order valence-corrected chi connectivity index (χ1v) is 11.1. The van der Waals surface area contributed by atoms with E-state index in [2.05, 4.69) is 4.98 Å². The van der Waals surface area contributed by atoms with E-state index >= 15 is 0 Å². The van der Waals surface area contributed by atoms with Gasteiger partial charge in [-0.1, -0.05) is 35.9 Å². The Balaban J connectivity index is 1.84. The Morgan fingerprint density at radius 2 is 1.71 bits per heavy atom. The van der Waals surface area contributed by atoms with Crippen LogP contribution in [0.25, 0.3) is 0 Å². The largest absolute Gasteiger partial charge is 0.478 e. The molecule has 10 heteroatoms. The number of urea groups is 1. The molecule has 0 saturated heterocycles. The molecule has 0 aliphatic carbocycles. The number of aromatic carboxylic acids is 1. The quantitative estimate of drug-likeness (QED) is 0.554. The normalized spacial score (nSPS) is 11.1. The van der Waals surface area contributed by atoms with Gasteiger partial charge in [-0.2, -0.15) is 0 Å². The Labute approximate surface area is 183 Å². The van der Waals surface area contributed by atoms with Crippen molar-refractivity contribution >= 4 is 44.8 Å². The maximum Gasteiger partial charge on any atom is 0.336 e. The van der Waals surface area contributed by atoms with Crippen molar-refractivity contribution in [3.63, 3.8) is 0 Å². The van der Waals surface area contributed by atoms with Gasteiger partial charge in [0.25, 0.3) is 0 Å². The number of halogens is 1. The van der Waals surface area contributed by atoms with Crippen LogP contribution in [0.1, 0.15) is 15.9 Å². The number of amides is 2. The summed E-state index contributed by atoms with van der Waals surface area (Å²) < 4.78 is 25.4. The van der Waals surface area contributed by atoms with Crippen LogP contribution in [0.5, 0.6) is 0 Å². The average molecular weight is 460 g/mol. The molecule has 0 unspecified atom stereocenters. The van der Waals surface area contributed by atoms with Crippen LogP contribution >= 0.6 is 11.6 Å². The van der Waals surface area contributed by atoms with E-state index in [4.69, 9.17) is 17.3 Å². The maximum absolute atomic E-state index is 12.7. The molecule has 2 amide bonds. The summed E-state index contributed by atoms with van der Waals surface area (Å²) in [5.74, 6) is -1.58. The minimum atomic E-state index is -3.84. The third kappa shape index (κ3) is 5.01. The van der Waals surface area contributed by atoms with Crippen LogP contribution in [-0.4, -0.2) is 36.3 Å². The van der Waals surface area contributed by atoms with Crippen LogP contribution in [0.2, 0.25) is 5.02 Å². The van der Waals surface area contributed by atoms with E-state index in [0.717, 1.165) is 0 Å². The third-order valence-electron chi connectivity index (χ3n) is 4.50. The number of carbonyl (C=O) groups is 2. The summed E-state index contributed by atoms with van der Waals surface area (Å²) in [5, 5.41) is 9.26. The molecule has 160 valence electrons. The van der Waals surface area contributed by atoms with Gasteiger partial charge in [0.2, 0.25) is 0 Å². The Bertz CT molecular complexity index is 1220. The van der Waals surface area contributed by atoms with Crippen LogP contribution < -0.4 is 10.6 Å². The number of aromatic nitrogens is 1. The number of sulfone groups is 1. The second-order valence-electron chi connectivity index (χ2n) is 6.50. The van der Waals surface area contributed by atoms with E-state index in [0.29, 0.717) is 11.4 Å². The minimum Gasteiger partial charge on any atom is -0.478 e. The summed E-state index contributed by atoms with van der Waals surface area (Å²) in [6, 6.07) is 14.9. The van der Waals surface area contributed by atoms with Crippen molar-refractivity contribution in [2.45, 2.75) is 11.4 Å². The van der Waals surface area contributed by atoms with E-state index in [1.54, 1.807) is 30.3 Å². The van der Waals surface area contributed by atoms with E-state index in [-0.39, 0.29) is 33.3 Å². The highest BCUT2D eigenvalue weighted by molar-refractivity contribution is 7.91. The number of carboxylic acids is 1. The van der Waals surface area contributed by atoms with Crippen molar-refractivity contribution in [1.29, 1.82) is 0 Å². The maximum atomic E-state index is 12.7. The fourth-order valence-electron chi connectivity index (χ4n) is 3.02. The van der Waals surface area contributed by atoms with Gasteiger partial charge in [0.15, 0.2) is 14.9 Å². The fraction of sp³-hybridized carbons (Fsp3) is 0.0952. The summed E-state index contributed by atoms with van der Waals surface area (Å²) in [7, 11) is -3.84. The molecule has 0 fully saturated rings. The van der Waals surface area contributed by atoms with Crippen LogP contribution in [0.15, 0.2) is 71.9 Å². The van der Waals surface area contributed by atoms with Crippen molar-refractivity contribution in [3.05, 3.63) is 83.0 Å². The molecule has 2 aromatic carbocycles. The van der Waals surface area contributed by atoms with Gasteiger partial charge in [0, 0.05) is 5.02 Å². The number of hydrogen-bond acceptors (Lipinski definition) is 5. The highest BCUT2D eigenvalue weighted by Crippen LogP contribution is 2.26. The van der Waals surface area contributed by atoms with Gasteiger partial charge in [0.05, 0.1) is 28.9 Å². The molecule has 0 spiro atoms. The first-order valence-electron chi connectivity index (χ1n) is 9.05. The molecule has 0 atom stereocenters. The predicted molar refractivity (Wildman–Crippen MR) is 117 cm³/mol. The summed E-state index contributed by atoms with van der Waals surface area (Å²) in [6.45, 7) is 0. The van der Waals surface area contributed by atoms with Gasteiger partial charge < -0.3 is 10.8 Å². The highest BCUT2D eigenvalue weighted by Gasteiger charge is 2.21. The Morgan fingerprint density at radius 3 is 2.29 bits per heavy atom. The summed E-state index contributed by atoms with van der Waals surface area (Å²) >= 11 is 6.07. The van der Waals surface area contributed by atoms with E-state index in [9.17, 15) is 23.1 Å². The zero-order valence-electron chi connectivity index (χ0n) is 16.1. The summed E-state index contributed by atoms with van der Waals surface area (Å²) in [5.41, 5.74) is 6.47. The van der Waals surface area contributed by atoms with Gasteiger partial charge >= 0.3 is 12.0 Å². The van der Waals surface area contributed by atoms with Crippen molar-refractivity contribution in [1.82, 2.24) is 4.98 Å². The number of pyridine rings is 1. The van der Waals surface area contributed by atoms with Gasteiger partial charge in [0.1, 0.15) is 0 Å². The number of rotatable bonds is 7. The predicted octanol–water partition coefficient (Wildman–Crippen LogP) is 3.67. The van der Waals surface area contributed by atoms with Gasteiger partial charge in [-0.15, -0.1) is 0 Å². The summed E-state index contributed by atoms with van der Waals surface area (Å²) in [4.78, 5) is 28.5. The molecule has 31 heavy (non-hydrogen) atoms. The smallest absolute Gasteiger partial charge is 0.336 e. The number of nitrogens with zero attached hydrogens (tertiary/aromatic N) is 2. The molecular formula is C21H18ClN3O5S. The van der Waals surface area contributed by atoms with E-state index in [1.807, 2.05) is 0 Å².